The first-order chi connectivity index (χ1) is 9.17. The molecule has 0 aliphatic carbocycles. The van der Waals surface area contributed by atoms with Gasteiger partial charge in [0.1, 0.15) is 5.75 Å². The van der Waals surface area contributed by atoms with E-state index in [9.17, 15) is 4.79 Å². The molecule has 106 valence electrons. The second-order valence-electron chi connectivity index (χ2n) is 3.95. The molecule has 0 aromatic heterocycles. The van der Waals surface area contributed by atoms with Crippen molar-refractivity contribution in [2.24, 2.45) is 0 Å². The van der Waals surface area contributed by atoms with Crippen molar-refractivity contribution in [1.29, 1.82) is 0 Å². The number of urea groups is 1. The van der Waals surface area contributed by atoms with Gasteiger partial charge in [0, 0.05) is 18.2 Å². The van der Waals surface area contributed by atoms with E-state index >= 15 is 0 Å². The SMILES string of the molecule is CCCOc1ccc(Cl)cc1NC(=O)NCCCO. The van der Waals surface area contributed by atoms with Crippen LogP contribution < -0.4 is 15.4 Å². The third-order valence-corrected chi connectivity index (χ3v) is 2.51. The van der Waals surface area contributed by atoms with E-state index in [1.165, 1.54) is 0 Å². The van der Waals surface area contributed by atoms with Crippen LogP contribution in [-0.2, 0) is 0 Å². The standard InChI is InChI=1S/C13H19ClN2O3/c1-2-8-19-12-5-4-10(14)9-11(12)16-13(18)15-6-3-7-17/h4-5,9,17H,2-3,6-8H2,1H3,(H2,15,16,18). The van der Waals surface area contributed by atoms with E-state index in [1.807, 2.05) is 6.92 Å². The van der Waals surface area contributed by atoms with Gasteiger partial charge >= 0.3 is 6.03 Å². The summed E-state index contributed by atoms with van der Waals surface area (Å²) >= 11 is 5.90. The van der Waals surface area contributed by atoms with Crippen molar-refractivity contribution in [3.8, 4) is 5.75 Å². The Bertz CT molecular complexity index is 413. The van der Waals surface area contributed by atoms with Gasteiger partial charge in [0.15, 0.2) is 0 Å². The molecule has 5 nitrogen and oxygen atoms in total. The summed E-state index contributed by atoms with van der Waals surface area (Å²) in [5.74, 6) is 0.587. The Balaban J connectivity index is 2.63. The lowest BCUT2D eigenvalue weighted by atomic mass is 10.3. The maximum absolute atomic E-state index is 11.6. The quantitative estimate of drug-likeness (QED) is 0.675. The van der Waals surface area contributed by atoms with E-state index in [-0.39, 0.29) is 12.6 Å². The van der Waals surface area contributed by atoms with Gasteiger partial charge in [-0.2, -0.15) is 0 Å². The maximum Gasteiger partial charge on any atom is 0.319 e. The van der Waals surface area contributed by atoms with Crippen LogP contribution in [0.15, 0.2) is 18.2 Å². The Morgan fingerprint density at radius 2 is 2.26 bits per heavy atom. The molecule has 0 fully saturated rings. The number of benzene rings is 1. The minimum atomic E-state index is -0.350. The van der Waals surface area contributed by atoms with Gasteiger partial charge in [0.05, 0.1) is 12.3 Å². The molecule has 0 spiro atoms. The van der Waals surface area contributed by atoms with Crippen LogP contribution in [0.3, 0.4) is 0 Å². The van der Waals surface area contributed by atoms with Crippen molar-refractivity contribution in [1.82, 2.24) is 5.32 Å². The van der Waals surface area contributed by atoms with Crippen LogP contribution in [0.5, 0.6) is 5.75 Å². The fraction of sp³-hybridized carbons (Fsp3) is 0.462. The molecule has 3 N–H and O–H groups in total. The zero-order valence-electron chi connectivity index (χ0n) is 10.9. The zero-order valence-corrected chi connectivity index (χ0v) is 11.7. The fourth-order valence-electron chi connectivity index (χ4n) is 1.39. The lowest BCUT2D eigenvalue weighted by Gasteiger charge is -2.13. The van der Waals surface area contributed by atoms with E-state index in [4.69, 9.17) is 21.4 Å². The van der Waals surface area contributed by atoms with E-state index in [0.717, 1.165) is 6.42 Å². The number of aliphatic hydroxyl groups is 1. The number of carbonyl (C=O) groups excluding carboxylic acids is 1. The van der Waals surface area contributed by atoms with Gasteiger partial charge in [0.2, 0.25) is 0 Å². The first kappa shape index (κ1) is 15.6. The maximum atomic E-state index is 11.6. The Hall–Kier alpha value is -1.46. The molecule has 0 bridgehead atoms. The second-order valence-corrected chi connectivity index (χ2v) is 4.38. The van der Waals surface area contributed by atoms with E-state index < -0.39 is 0 Å². The van der Waals surface area contributed by atoms with Crippen LogP contribution in [0.1, 0.15) is 19.8 Å². The monoisotopic (exact) mass is 286 g/mol. The van der Waals surface area contributed by atoms with Gasteiger partial charge < -0.3 is 20.5 Å². The molecular weight excluding hydrogens is 268 g/mol. The third kappa shape index (κ3) is 5.81. The summed E-state index contributed by atoms with van der Waals surface area (Å²) in [6.45, 7) is 3.03. The number of amides is 2. The number of hydrogen-bond acceptors (Lipinski definition) is 3. The van der Waals surface area contributed by atoms with Crippen molar-refractivity contribution < 1.29 is 14.6 Å². The molecule has 1 aromatic rings. The largest absolute Gasteiger partial charge is 0.491 e. The highest BCUT2D eigenvalue weighted by molar-refractivity contribution is 6.31. The number of nitrogens with one attached hydrogen (secondary N) is 2. The number of anilines is 1. The molecule has 1 rings (SSSR count). The lowest BCUT2D eigenvalue weighted by Crippen LogP contribution is -2.30. The molecule has 0 saturated carbocycles. The Morgan fingerprint density at radius 3 is 2.95 bits per heavy atom. The van der Waals surface area contributed by atoms with Gasteiger partial charge in [0.25, 0.3) is 0 Å². The Morgan fingerprint density at radius 1 is 1.47 bits per heavy atom. The summed E-state index contributed by atoms with van der Waals surface area (Å²) in [5, 5.41) is 14.5. The van der Waals surface area contributed by atoms with Gasteiger partial charge in [-0.15, -0.1) is 0 Å². The minimum Gasteiger partial charge on any atom is -0.491 e. The molecular formula is C13H19ClN2O3. The molecule has 0 unspecified atom stereocenters. The number of halogens is 1. The van der Waals surface area contributed by atoms with E-state index in [2.05, 4.69) is 10.6 Å². The predicted molar refractivity (Wildman–Crippen MR) is 76.0 cm³/mol. The molecule has 6 heteroatoms. The highest BCUT2D eigenvalue weighted by Gasteiger charge is 2.08. The highest BCUT2D eigenvalue weighted by Crippen LogP contribution is 2.28. The summed E-state index contributed by atoms with van der Waals surface area (Å²) in [6.07, 6.45) is 1.40. The van der Waals surface area contributed by atoms with E-state index in [0.29, 0.717) is 36.0 Å². The molecule has 0 radical (unpaired) electrons. The summed E-state index contributed by atoms with van der Waals surface area (Å²) in [4.78, 5) is 11.6. The molecule has 0 heterocycles. The lowest BCUT2D eigenvalue weighted by molar-refractivity contribution is 0.248. The first-order valence-electron chi connectivity index (χ1n) is 6.25. The summed E-state index contributed by atoms with van der Waals surface area (Å²) in [5.41, 5.74) is 0.530. The van der Waals surface area contributed by atoms with Gasteiger partial charge in [-0.1, -0.05) is 18.5 Å². The molecule has 2 amide bonds. The molecule has 0 aliphatic rings. The van der Waals surface area contributed by atoms with Gasteiger partial charge in [-0.05, 0) is 31.0 Å². The number of aliphatic hydroxyl groups excluding tert-OH is 1. The molecule has 0 aliphatic heterocycles. The summed E-state index contributed by atoms with van der Waals surface area (Å²) in [6, 6.07) is 4.72. The van der Waals surface area contributed by atoms with Crippen LogP contribution in [0.2, 0.25) is 5.02 Å². The van der Waals surface area contributed by atoms with Crippen molar-refractivity contribution in [3.05, 3.63) is 23.2 Å². The Labute approximate surface area is 117 Å². The Kier molecular flexibility index (Phi) is 7.07. The average molecular weight is 287 g/mol. The fourth-order valence-corrected chi connectivity index (χ4v) is 1.56. The first-order valence-corrected chi connectivity index (χ1v) is 6.63. The van der Waals surface area contributed by atoms with Crippen molar-refractivity contribution in [3.63, 3.8) is 0 Å². The number of hydrogen-bond donors (Lipinski definition) is 3. The average Bonchev–Trinajstić information content (AvgIpc) is 2.38. The van der Waals surface area contributed by atoms with Crippen molar-refractivity contribution in [2.75, 3.05) is 25.1 Å². The van der Waals surface area contributed by atoms with Crippen molar-refractivity contribution >= 4 is 23.3 Å². The zero-order chi connectivity index (χ0) is 14.1. The van der Waals surface area contributed by atoms with Crippen LogP contribution in [-0.4, -0.2) is 30.9 Å². The molecule has 1 aromatic carbocycles. The molecule has 0 saturated heterocycles. The third-order valence-electron chi connectivity index (χ3n) is 2.27. The normalized spacial score (nSPS) is 10.1. The smallest absolute Gasteiger partial charge is 0.319 e. The summed E-state index contributed by atoms with van der Waals surface area (Å²) in [7, 11) is 0. The van der Waals surface area contributed by atoms with Crippen LogP contribution in [0.4, 0.5) is 10.5 Å². The predicted octanol–water partition coefficient (Wildman–Crippen LogP) is 2.63. The van der Waals surface area contributed by atoms with E-state index in [1.54, 1.807) is 18.2 Å². The number of carbonyl (C=O) groups is 1. The number of rotatable bonds is 7. The second kappa shape index (κ2) is 8.61. The topological polar surface area (TPSA) is 70.6 Å². The summed E-state index contributed by atoms with van der Waals surface area (Å²) < 4.78 is 5.53. The van der Waals surface area contributed by atoms with Crippen molar-refractivity contribution in [2.45, 2.75) is 19.8 Å². The highest BCUT2D eigenvalue weighted by atomic mass is 35.5. The van der Waals surface area contributed by atoms with Crippen LogP contribution in [0, 0.1) is 0 Å². The van der Waals surface area contributed by atoms with Gasteiger partial charge in [-0.25, -0.2) is 4.79 Å². The number of ether oxygens (including phenoxy) is 1. The van der Waals surface area contributed by atoms with Crippen LogP contribution >= 0.6 is 11.6 Å². The van der Waals surface area contributed by atoms with Gasteiger partial charge in [-0.3, -0.25) is 0 Å². The van der Waals surface area contributed by atoms with Crippen LogP contribution in [0.25, 0.3) is 0 Å². The minimum absolute atomic E-state index is 0.0440. The molecule has 0 atom stereocenters. The molecule has 19 heavy (non-hydrogen) atoms.